The van der Waals surface area contributed by atoms with Gasteiger partial charge in [0.2, 0.25) is 41.2 Å². The number of nitrogens with one attached hydrogen (secondary N) is 8. The van der Waals surface area contributed by atoms with Crippen LogP contribution in [0.1, 0.15) is 92.5 Å². The molecular weight excluding hydrogens is 1370 g/mol. The zero-order valence-corrected chi connectivity index (χ0v) is 55.5. The molecule has 0 unspecified atom stereocenters. The molecule has 0 saturated heterocycles. The molecule has 29 nitrogen and oxygen atoms in total. The summed E-state index contributed by atoms with van der Waals surface area (Å²) in [5.74, 6) is -14.7. The number of hydrogen-bond donors (Lipinski definition) is 16. The highest BCUT2D eigenvalue weighted by Crippen LogP contribution is 2.48. The quantitative estimate of drug-likeness (QED) is 0.0590. The van der Waals surface area contributed by atoms with E-state index in [9.17, 15) is 60.0 Å². The minimum Gasteiger partial charge on any atom is -0.508 e. The van der Waals surface area contributed by atoms with Gasteiger partial charge < -0.3 is 102 Å². The molecule has 29 heteroatoms. The highest BCUT2D eigenvalue weighted by atomic mass is 16.5. The number of aromatic hydroxyl groups is 6. The second-order valence-electron chi connectivity index (χ2n) is 25.5. The fourth-order valence-corrected chi connectivity index (χ4v) is 13.0. The van der Waals surface area contributed by atoms with Crippen molar-refractivity contribution in [3.05, 3.63) is 246 Å². The number of aliphatic hydroxyl groups excluding tert-OH is 2. The number of carbonyl (C=O) groups excluding carboxylic acids is 7. The molecule has 9 atom stereocenters. The van der Waals surface area contributed by atoms with Crippen LogP contribution in [-0.2, 0) is 44.8 Å². The van der Waals surface area contributed by atoms with E-state index in [4.69, 9.17) is 18.9 Å². The van der Waals surface area contributed by atoms with Crippen LogP contribution in [0.3, 0.4) is 0 Å². The number of amides is 6. The summed E-state index contributed by atoms with van der Waals surface area (Å²) in [5.41, 5.74) is -2.34. The minimum absolute atomic E-state index is 0.0218. The van der Waals surface area contributed by atoms with E-state index in [1.807, 2.05) is 54.6 Å². The van der Waals surface area contributed by atoms with Crippen molar-refractivity contribution >= 4 is 52.8 Å². The molecule has 6 aliphatic heterocycles. The van der Waals surface area contributed by atoms with Crippen molar-refractivity contribution < 1.29 is 93.4 Å². The maximum atomic E-state index is 16.0. The lowest BCUT2D eigenvalue weighted by atomic mass is 9.89. The maximum absolute atomic E-state index is 16.0. The van der Waals surface area contributed by atoms with Crippen LogP contribution >= 0.6 is 0 Å². The Balaban J connectivity index is 0.902. The molecule has 0 saturated carbocycles. The average Bonchev–Trinajstić information content (AvgIpc) is 0.770. The third kappa shape index (κ3) is 13.2. The topological polar surface area (TPSA) is 449 Å². The second-order valence-corrected chi connectivity index (χ2v) is 25.5. The van der Waals surface area contributed by atoms with E-state index in [0.29, 0.717) is 5.56 Å². The molecular formula is C77H62N8O21. The van der Waals surface area contributed by atoms with Crippen LogP contribution in [-0.4, -0.2) is 101 Å². The van der Waals surface area contributed by atoms with Gasteiger partial charge >= 0.3 is 5.97 Å². The lowest BCUT2D eigenvalue weighted by Gasteiger charge is -2.32. The number of phenolic OH excluding ortho intramolecular Hbond substituents is 6. The van der Waals surface area contributed by atoms with Gasteiger partial charge in [0.05, 0.1) is 7.11 Å². The molecule has 536 valence electrons. The Labute approximate surface area is 598 Å². The molecule has 16 N–H and O–H groups in total. The van der Waals surface area contributed by atoms with Crippen molar-refractivity contribution in [3.63, 3.8) is 0 Å². The largest absolute Gasteiger partial charge is 0.508 e. The molecule has 0 aromatic heterocycles. The number of anilines is 2. The van der Waals surface area contributed by atoms with Gasteiger partial charge in [-0.3, -0.25) is 38.4 Å². The Kier molecular flexibility index (Phi) is 18.1. The predicted molar refractivity (Wildman–Crippen MR) is 375 cm³/mol. The number of rotatable bonds is 7. The zero-order valence-electron chi connectivity index (χ0n) is 55.5. The summed E-state index contributed by atoms with van der Waals surface area (Å²) in [7, 11) is 0.966. The van der Waals surface area contributed by atoms with Crippen LogP contribution < -0.4 is 67.6 Å². The van der Waals surface area contributed by atoms with Crippen LogP contribution in [0, 0.1) is 6.92 Å². The third-order valence-corrected chi connectivity index (χ3v) is 18.7. The summed E-state index contributed by atoms with van der Waals surface area (Å²) in [4.78, 5) is 134. The monoisotopic (exact) mass is 1430 g/mol. The molecule has 10 aromatic carbocycles. The molecule has 6 aliphatic rings. The van der Waals surface area contributed by atoms with E-state index in [1.54, 1.807) is 0 Å². The molecule has 0 aliphatic carbocycles. The normalized spacial score (nSPS) is 20.6. The molecule has 0 fully saturated rings. The Hall–Kier alpha value is -13.9. The van der Waals surface area contributed by atoms with E-state index >= 15 is 24.0 Å². The first-order valence-corrected chi connectivity index (χ1v) is 32.8. The smallest absolute Gasteiger partial charge is 0.333 e. The number of benzene rings is 9. The first kappa shape index (κ1) is 69.2. The Morgan fingerprint density at radius 2 is 0.962 bits per heavy atom. The van der Waals surface area contributed by atoms with E-state index in [2.05, 4.69) is 42.5 Å². The van der Waals surface area contributed by atoms with E-state index in [-0.39, 0.29) is 85.2 Å². The van der Waals surface area contributed by atoms with Gasteiger partial charge in [-0.05, 0) is 136 Å². The zero-order chi connectivity index (χ0) is 74.7. The standard InChI is InChI=1S/C77H62N8O21/c1-33-50(89)25-41-27-52(33)106-53-26-40(17-23-49(53)88)57(79-63-62(69(94)70(63)95)78-32-34-8-10-36(11-9-34)35-6-4-3-5-7-35)71(96)84-64-66(91)37-12-18-44(19-13-37)104-54-28-42-29-55(68(54)93)105-45-20-14-38(15-21-45)67(92)65-76(101)83-61(77(102)103-2)47-30-43(86)31-51(90)56(47)46-24-39(16-22-48(46)87)58(72(97)85-65)80-74(99)60(42)81-73(98)59(41)82-75(64)100/h3-31,57-61,64-67,78-79,86-93H,32H2,1-2H3,(H,80,99)(H,81,98)(H,82,100)(H,83,101)(H,84,96)(H,85,97)/t57-,58-,59+,60-,61-,64-,65+,66-,67-/m1/s1. The highest BCUT2D eigenvalue weighted by Gasteiger charge is 2.43. The average molecular weight is 1440 g/mol. The molecule has 6 heterocycles. The van der Waals surface area contributed by atoms with Crippen molar-refractivity contribution in [1.82, 2.24) is 31.9 Å². The van der Waals surface area contributed by atoms with Crippen LogP contribution in [0.2, 0.25) is 0 Å². The van der Waals surface area contributed by atoms with Gasteiger partial charge in [-0.1, -0.05) is 91.0 Å². The number of esters is 1. The summed E-state index contributed by atoms with van der Waals surface area (Å²) in [6, 6.07) is 25.8. The van der Waals surface area contributed by atoms with E-state index in [0.717, 1.165) is 72.8 Å². The molecule has 0 radical (unpaired) electrons. The first-order chi connectivity index (χ1) is 50.9. The van der Waals surface area contributed by atoms with Crippen molar-refractivity contribution in [3.8, 4) is 91.2 Å². The molecule has 106 heavy (non-hydrogen) atoms. The van der Waals surface area contributed by atoms with E-state index < -0.39 is 164 Å². The number of phenols is 6. The molecule has 16 rings (SSSR count). The van der Waals surface area contributed by atoms with Gasteiger partial charge in [0, 0.05) is 34.9 Å². The fourth-order valence-electron chi connectivity index (χ4n) is 13.0. The molecule has 17 bridgehead atoms. The van der Waals surface area contributed by atoms with Gasteiger partial charge in [0.25, 0.3) is 10.9 Å². The van der Waals surface area contributed by atoms with E-state index in [1.165, 1.54) is 73.7 Å². The van der Waals surface area contributed by atoms with Gasteiger partial charge in [0.1, 0.15) is 100 Å². The minimum atomic E-state index is -2.21. The lowest BCUT2D eigenvalue weighted by molar-refractivity contribution is -0.146. The van der Waals surface area contributed by atoms with Gasteiger partial charge in [-0.15, -0.1) is 0 Å². The Morgan fingerprint density at radius 3 is 1.58 bits per heavy atom. The van der Waals surface area contributed by atoms with Crippen molar-refractivity contribution in [2.24, 2.45) is 0 Å². The summed E-state index contributed by atoms with van der Waals surface area (Å²) in [6.45, 7) is 1.41. The Morgan fingerprint density at radius 1 is 0.453 bits per heavy atom. The number of carbonyl (C=O) groups is 7. The molecule has 10 aromatic rings. The summed E-state index contributed by atoms with van der Waals surface area (Å²) in [5, 5.41) is 115. The van der Waals surface area contributed by atoms with Crippen LogP contribution in [0.5, 0.6) is 69.0 Å². The van der Waals surface area contributed by atoms with Crippen LogP contribution in [0.15, 0.2) is 186 Å². The fraction of sp³-hybridized carbons (Fsp3) is 0.156. The summed E-state index contributed by atoms with van der Waals surface area (Å²) < 4.78 is 23.9. The van der Waals surface area contributed by atoms with Crippen LogP contribution in [0.4, 0.5) is 11.4 Å². The van der Waals surface area contributed by atoms with Crippen molar-refractivity contribution in [2.75, 3.05) is 17.7 Å². The van der Waals surface area contributed by atoms with Crippen LogP contribution in [0.25, 0.3) is 22.3 Å². The van der Waals surface area contributed by atoms with Crippen molar-refractivity contribution in [1.29, 1.82) is 0 Å². The number of ether oxygens (including phenoxy) is 4. The number of fused-ring (bicyclic) bond motifs is 14. The number of aliphatic hydroxyl groups is 2. The maximum Gasteiger partial charge on any atom is 0.333 e. The number of hydrogen-bond acceptors (Lipinski definition) is 23. The summed E-state index contributed by atoms with van der Waals surface area (Å²) >= 11 is 0. The Bertz CT molecular complexity index is 5340. The predicted octanol–water partition coefficient (Wildman–Crippen LogP) is 6.59. The third-order valence-electron chi connectivity index (χ3n) is 18.7. The SMILES string of the molecule is COC(=O)[C@@H]1NC(=O)[C@H]2NC(=O)[C@H](NC(=O)[C@@H]3NC(=O)[C@H]4NC(=O)[C@H](NC(=O)[C@H](Nc5c(NCc6ccc(-c7ccccc7)cc6)c(=O)c5=O)c5ccc(O)c(c5)Oc5cc4cc(O)c5C)[C@H](O)c4ccc(cc4)Oc4cc3cc(c4O)Oc3ccc(cc3)[C@H]2O)c2ccc(O)c(c2)-c2c(O)cc(O)cc21. The molecule has 6 amide bonds. The lowest BCUT2D eigenvalue weighted by Crippen LogP contribution is -2.55. The van der Waals surface area contributed by atoms with Gasteiger partial charge in [-0.25, -0.2) is 4.79 Å². The second kappa shape index (κ2) is 27.8. The molecule has 0 spiro atoms. The van der Waals surface area contributed by atoms with Gasteiger partial charge in [-0.2, -0.15) is 0 Å². The van der Waals surface area contributed by atoms with Crippen molar-refractivity contribution in [2.45, 2.75) is 68.0 Å². The summed E-state index contributed by atoms with van der Waals surface area (Å²) in [6.07, 6.45) is -4.13. The number of methoxy groups -OCH3 is 1. The highest BCUT2D eigenvalue weighted by molar-refractivity contribution is 6.00. The van der Waals surface area contributed by atoms with Gasteiger partial charge in [0.15, 0.2) is 29.0 Å². The first-order valence-electron chi connectivity index (χ1n) is 32.8.